The molecule has 0 radical (unpaired) electrons. The van der Waals surface area contributed by atoms with Crippen LogP contribution in [0.1, 0.15) is 44.3 Å². The topological polar surface area (TPSA) is 47.4 Å². The van der Waals surface area contributed by atoms with E-state index in [1.165, 1.54) is 10.4 Å². The predicted octanol–water partition coefficient (Wildman–Crippen LogP) is 2.94. The molecule has 0 N–H and O–H groups in total. The third-order valence-electron chi connectivity index (χ3n) is 4.96. The van der Waals surface area contributed by atoms with E-state index in [9.17, 15) is 4.79 Å². The van der Waals surface area contributed by atoms with Crippen molar-refractivity contribution in [3.05, 3.63) is 38.8 Å². The number of ether oxygens (including phenoxy) is 1. The Morgan fingerprint density at radius 1 is 1.42 bits per heavy atom. The number of hydrogen-bond donors (Lipinski definition) is 0. The molecule has 2 aromatic heterocycles. The molecule has 1 atom stereocenters. The molecule has 0 spiro atoms. The normalized spacial score (nSPS) is 20.4. The van der Waals surface area contributed by atoms with Gasteiger partial charge in [0, 0.05) is 23.5 Å². The Morgan fingerprint density at radius 2 is 2.29 bits per heavy atom. The molecule has 4 rings (SSSR count). The average Bonchev–Trinajstić information content (AvgIpc) is 3.26. The first-order valence-electron chi connectivity index (χ1n) is 8.63. The molecular weight excluding hydrogens is 322 g/mol. The van der Waals surface area contributed by atoms with Gasteiger partial charge in [-0.1, -0.05) is 0 Å². The summed E-state index contributed by atoms with van der Waals surface area (Å²) < 4.78 is 7.54. The standard InChI is InChI=1S/C18H23N3O2S/c1-12-8-13(2)21(19-12)10-15-4-3-6-20(15)18(22)17-9-14-11-23-7-5-16(14)24-17/h8-9,15H,3-7,10-11H2,1-2H3/t15-/m1/s1. The summed E-state index contributed by atoms with van der Waals surface area (Å²) in [6.45, 7) is 7.15. The summed E-state index contributed by atoms with van der Waals surface area (Å²) in [5, 5.41) is 4.56. The Balaban J connectivity index is 1.52. The van der Waals surface area contributed by atoms with Crippen molar-refractivity contribution in [2.45, 2.75) is 52.3 Å². The van der Waals surface area contributed by atoms with Crippen LogP contribution in [0.3, 0.4) is 0 Å². The third kappa shape index (κ3) is 2.89. The van der Waals surface area contributed by atoms with E-state index in [0.29, 0.717) is 6.61 Å². The SMILES string of the molecule is Cc1cc(C)n(C[C@H]2CCCN2C(=O)c2cc3c(s2)CCOC3)n1. The second-order valence-electron chi connectivity index (χ2n) is 6.77. The van der Waals surface area contributed by atoms with Crippen LogP contribution in [-0.2, 0) is 24.3 Å². The molecule has 2 aliphatic rings. The molecule has 0 saturated carbocycles. The summed E-state index contributed by atoms with van der Waals surface area (Å²) in [5.41, 5.74) is 3.40. The number of carbonyl (C=O) groups is 1. The van der Waals surface area contributed by atoms with Gasteiger partial charge in [-0.3, -0.25) is 9.48 Å². The molecule has 0 bridgehead atoms. The Morgan fingerprint density at radius 3 is 3.04 bits per heavy atom. The summed E-state index contributed by atoms with van der Waals surface area (Å²) in [5.74, 6) is 0.179. The van der Waals surface area contributed by atoms with Crippen molar-refractivity contribution in [1.82, 2.24) is 14.7 Å². The fraction of sp³-hybridized carbons (Fsp3) is 0.556. The predicted molar refractivity (Wildman–Crippen MR) is 93.4 cm³/mol. The minimum Gasteiger partial charge on any atom is -0.376 e. The molecule has 2 aromatic rings. The van der Waals surface area contributed by atoms with Crippen LogP contribution in [0.2, 0.25) is 0 Å². The number of aromatic nitrogens is 2. The zero-order valence-electron chi connectivity index (χ0n) is 14.2. The van der Waals surface area contributed by atoms with Crippen molar-refractivity contribution in [1.29, 1.82) is 0 Å². The summed E-state index contributed by atoms with van der Waals surface area (Å²) in [7, 11) is 0. The van der Waals surface area contributed by atoms with Gasteiger partial charge < -0.3 is 9.64 Å². The van der Waals surface area contributed by atoms with Crippen molar-refractivity contribution < 1.29 is 9.53 Å². The highest BCUT2D eigenvalue weighted by atomic mass is 32.1. The van der Waals surface area contributed by atoms with Gasteiger partial charge in [0.15, 0.2) is 0 Å². The van der Waals surface area contributed by atoms with Crippen LogP contribution in [0.4, 0.5) is 0 Å². The Hall–Kier alpha value is -1.66. The van der Waals surface area contributed by atoms with Crippen LogP contribution in [0, 0.1) is 13.8 Å². The molecular formula is C18H23N3O2S. The molecule has 128 valence electrons. The Bertz CT molecular complexity index is 741. The van der Waals surface area contributed by atoms with Crippen LogP contribution in [0.25, 0.3) is 0 Å². The molecule has 5 nitrogen and oxygen atoms in total. The highest BCUT2D eigenvalue weighted by Gasteiger charge is 2.31. The average molecular weight is 345 g/mol. The summed E-state index contributed by atoms with van der Waals surface area (Å²) in [6, 6.07) is 4.38. The van der Waals surface area contributed by atoms with Crippen LogP contribution in [0.5, 0.6) is 0 Å². The molecule has 2 aliphatic heterocycles. The third-order valence-corrected chi connectivity index (χ3v) is 6.19. The van der Waals surface area contributed by atoms with Gasteiger partial charge in [-0.05, 0) is 44.4 Å². The van der Waals surface area contributed by atoms with Crippen molar-refractivity contribution in [2.75, 3.05) is 13.2 Å². The lowest BCUT2D eigenvalue weighted by Gasteiger charge is -2.24. The van der Waals surface area contributed by atoms with Crippen molar-refractivity contribution in [2.24, 2.45) is 0 Å². The van der Waals surface area contributed by atoms with Gasteiger partial charge in [-0.15, -0.1) is 11.3 Å². The molecule has 6 heteroatoms. The van der Waals surface area contributed by atoms with Gasteiger partial charge in [-0.25, -0.2) is 0 Å². The fourth-order valence-electron chi connectivity index (χ4n) is 3.75. The van der Waals surface area contributed by atoms with Gasteiger partial charge in [0.05, 0.1) is 36.4 Å². The largest absolute Gasteiger partial charge is 0.376 e. The fourth-order valence-corrected chi connectivity index (χ4v) is 4.85. The number of carbonyl (C=O) groups excluding carboxylic acids is 1. The van der Waals surface area contributed by atoms with Crippen LogP contribution in [0.15, 0.2) is 12.1 Å². The number of hydrogen-bond acceptors (Lipinski definition) is 4. The molecule has 1 saturated heterocycles. The van der Waals surface area contributed by atoms with E-state index in [1.807, 2.05) is 17.7 Å². The first-order valence-corrected chi connectivity index (χ1v) is 9.45. The minimum absolute atomic E-state index is 0.179. The lowest BCUT2D eigenvalue weighted by Crippen LogP contribution is -2.38. The molecule has 24 heavy (non-hydrogen) atoms. The number of fused-ring (bicyclic) bond motifs is 1. The van der Waals surface area contributed by atoms with E-state index >= 15 is 0 Å². The Labute approximate surface area is 146 Å². The van der Waals surface area contributed by atoms with Crippen molar-refractivity contribution >= 4 is 17.2 Å². The number of likely N-dealkylation sites (tertiary alicyclic amines) is 1. The number of aryl methyl sites for hydroxylation is 2. The zero-order chi connectivity index (χ0) is 16.7. The monoisotopic (exact) mass is 345 g/mol. The number of amides is 1. The number of rotatable bonds is 3. The van der Waals surface area contributed by atoms with Crippen molar-refractivity contribution in [3.8, 4) is 0 Å². The molecule has 1 amide bonds. The maximum atomic E-state index is 13.0. The van der Waals surface area contributed by atoms with Gasteiger partial charge >= 0.3 is 0 Å². The Kier molecular flexibility index (Phi) is 4.18. The molecule has 0 aliphatic carbocycles. The van der Waals surface area contributed by atoms with Crippen LogP contribution >= 0.6 is 11.3 Å². The quantitative estimate of drug-likeness (QED) is 0.859. The van der Waals surface area contributed by atoms with Gasteiger partial charge in [0.2, 0.25) is 0 Å². The maximum absolute atomic E-state index is 13.0. The van der Waals surface area contributed by atoms with Crippen LogP contribution < -0.4 is 0 Å². The summed E-state index contributed by atoms with van der Waals surface area (Å²) in [6.07, 6.45) is 3.06. The highest BCUT2D eigenvalue weighted by Crippen LogP contribution is 2.30. The van der Waals surface area contributed by atoms with E-state index in [0.717, 1.165) is 55.2 Å². The van der Waals surface area contributed by atoms with E-state index in [2.05, 4.69) is 23.0 Å². The lowest BCUT2D eigenvalue weighted by atomic mass is 10.2. The zero-order valence-corrected chi connectivity index (χ0v) is 15.1. The minimum atomic E-state index is 0.179. The van der Waals surface area contributed by atoms with E-state index in [4.69, 9.17) is 4.74 Å². The maximum Gasteiger partial charge on any atom is 0.264 e. The smallest absolute Gasteiger partial charge is 0.264 e. The first kappa shape index (κ1) is 15.8. The first-order chi connectivity index (χ1) is 11.6. The van der Waals surface area contributed by atoms with Crippen molar-refractivity contribution in [3.63, 3.8) is 0 Å². The van der Waals surface area contributed by atoms with E-state index in [-0.39, 0.29) is 11.9 Å². The molecule has 4 heterocycles. The highest BCUT2D eigenvalue weighted by molar-refractivity contribution is 7.14. The second-order valence-corrected chi connectivity index (χ2v) is 7.90. The van der Waals surface area contributed by atoms with Gasteiger partial charge in [-0.2, -0.15) is 5.10 Å². The second kappa shape index (κ2) is 6.33. The molecule has 0 unspecified atom stereocenters. The number of nitrogens with zero attached hydrogens (tertiary/aromatic N) is 3. The lowest BCUT2D eigenvalue weighted by molar-refractivity contribution is 0.0725. The van der Waals surface area contributed by atoms with Gasteiger partial charge in [0.1, 0.15) is 0 Å². The summed E-state index contributed by atoms with van der Waals surface area (Å²) in [4.78, 5) is 17.3. The van der Waals surface area contributed by atoms with Gasteiger partial charge in [0.25, 0.3) is 5.91 Å². The molecule has 1 fully saturated rings. The van der Waals surface area contributed by atoms with E-state index < -0.39 is 0 Å². The van der Waals surface area contributed by atoms with Crippen LogP contribution in [-0.4, -0.2) is 39.8 Å². The summed E-state index contributed by atoms with van der Waals surface area (Å²) >= 11 is 1.65. The van der Waals surface area contributed by atoms with E-state index in [1.54, 1.807) is 11.3 Å². The molecule has 0 aromatic carbocycles. The number of thiophene rings is 1.